The molecular formula is C17H21N3O2. The maximum Gasteiger partial charge on any atom is 0.270 e. The van der Waals surface area contributed by atoms with Gasteiger partial charge in [0.1, 0.15) is 11.5 Å². The van der Waals surface area contributed by atoms with Crippen LogP contribution in [0.25, 0.3) is 11.3 Å². The van der Waals surface area contributed by atoms with Gasteiger partial charge in [-0.3, -0.25) is 4.79 Å². The highest BCUT2D eigenvalue weighted by atomic mass is 16.5. The second-order valence-corrected chi connectivity index (χ2v) is 5.92. The van der Waals surface area contributed by atoms with Gasteiger partial charge in [0.2, 0.25) is 0 Å². The van der Waals surface area contributed by atoms with Crippen LogP contribution in [0.5, 0.6) is 0 Å². The van der Waals surface area contributed by atoms with E-state index in [1.54, 1.807) is 6.07 Å². The molecule has 3 rings (SSSR count). The zero-order chi connectivity index (χ0) is 15.5. The molecule has 0 saturated heterocycles. The molecule has 0 spiro atoms. The second-order valence-electron chi connectivity index (χ2n) is 5.92. The van der Waals surface area contributed by atoms with E-state index in [4.69, 9.17) is 4.52 Å². The summed E-state index contributed by atoms with van der Waals surface area (Å²) in [5.74, 6) is 0.621. The third kappa shape index (κ3) is 3.03. The number of carbonyl (C=O) groups excluding carboxylic acids is 1. The number of pyridine rings is 1. The molecule has 2 aromatic heterocycles. The minimum atomic E-state index is -0.0967. The van der Waals surface area contributed by atoms with Gasteiger partial charge in [-0.2, -0.15) is 0 Å². The van der Waals surface area contributed by atoms with Crippen LogP contribution in [-0.4, -0.2) is 22.1 Å². The molecule has 0 bridgehead atoms. The van der Waals surface area contributed by atoms with Crippen molar-refractivity contribution in [1.82, 2.24) is 15.5 Å². The summed E-state index contributed by atoms with van der Waals surface area (Å²) < 4.78 is 5.18. The third-order valence-corrected chi connectivity index (χ3v) is 4.21. The summed E-state index contributed by atoms with van der Waals surface area (Å²) in [6, 6.07) is 5.76. The predicted octanol–water partition coefficient (Wildman–Crippen LogP) is 3.42. The highest BCUT2D eigenvalue weighted by Crippen LogP contribution is 2.25. The van der Waals surface area contributed by atoms with E-state index in [9.17, 15) is 4.79 Å². The summed E-state index contributed by atoms with van der Waals surface area (Å²) in [5.41, 5.74) is 2.83. The van der Waals surface area contributed by atoms with Crippen LogP contribution >= 0.6 is 0 Å². The highest BCUT2D eigenvalue weighted by molar-refractivity contribution is 5.93. The molecule has 1 fully saturated rings. The van der Waals surface area contributed by atoms with Gasteiger partial charge in [-0.15, -0.1) is 0 Å². The average Bonchev–Trinajstić information content (AvgIpc) is 2.87. The van der Waals surface area contributed by atoms with Gasteiger partial charge in [-0.25, -0.2) is 4.98 Å². The van der Waals surface area contributed by atoms with Gasteiger partial charge in [0.25, 0.3) is 5.91 Å². The first kappa shape index (κ1) is 14.8. The first-order chi connectivity index (χ1) is 10.6. The van der Waals surface area contributed by atoms with Crippen molar-refractivity contribution >= 4 is 5.91 Å². The zero-order valence-corrected chi connectivity index (χ0v) is 13.1. The lowest BCUT2D eigenvalue weighted by atomic mass is 9.95. The van der Waals surface area contributed by atoms with Crippen molar-refractivity contribution in [3.8, 4) is 11.3 Å². The van der Waals surface area contributed by atoms with Crippen molar-refractivity contribution in [2.45, 2.75) is 52.0 Å². The number of hydrogen-bond donors (Lipinski definition) is 1. The van der Waals surface area contributed by atoms with Crippen molar-refractivity contribution in [3.63, 3.8) is 0 Å². The minimum absolute atomic E-state index is 0.0967. The van der Waals surface area contributed by atoms with Crippen molar-refractivity contribution in [2.24, 2.45) is 0 Å². The number of nitrogens with one attached hydrogen (secondary N) is 1. The summed E-state index contributed by atoms with van der Waals surface area (Å²) in [7, 11) is 0. The monoisotopic (exact) mass is 299 g/mol. The van der Waals surface area contributed by atoms with E-state index in [-0.39, 0.29) is 11.9 Å². The Bertz CT molecular complexity index is 653. The largest absolute Gasteiger partial charge is 0.361 e. The smallest absolute Gasteiger partial charge is 0.270 e. The van der Waals surface area contributed by atoms with Crippen LogP contribution in [0.3, 0.4) is 0 Å². The van der Waals surface area contributed by atoms with Crippen LogP contribution in [0, 0.1) is 13.8 Å². The fourth-order valence-electron chi connectivity index (χ4n) is 3.06. The van der Waals surface area contributed by atoms with Crippen molar-refractivity contribution in [2.75, 3.05) is 0 Å². The fourth-order valence-corrected chi connectivity index (χ4v) is 3.06. The molecule has 0 unspecified atom stereocenters. The van der Waals surface area contributed by atoms with Crippen LogP contribution < -0.4 is 5.32 Å². The highest BCUT2D eigenvalue weighted by Gasteiger charge is 2.19. The quantitative estimate of drug-likeness (QED) is 0.943. The molecule has 5 heteroatoms. The Morgan fingerprint density at radius 3 is 2.68 bits per heavy atom. The van der Waals surface area contributed by atoms with Gasteiger partial charge in [-0.05, 0) is 38.8 Å². The maximum absolute atomic E-state index is 12.4. The Balaban J connectivity index is 1.80. The number of nitrogens with zero attached hydrogens (tertiary/aromatic N) is 2. The number of carbonyl (C=O) groups is 1. The first-order valence-electron chi connectivity index (χ1n) is 7.86. The second kappa shape index (κ2) is 6.30. The Kier molecular flexibility index (Phi) is 4.22. The maximum atomic E-state index is 12.4. The van der Waals surface area contributed by atoms with Gasteiger partial charge in [0.15, 0.2) is 0 Å². The fraction of sp³-hybridized carbons (Fsp3) is 0.471. The lowest BCUT2D eigenvalue weighted by Gasteiger charge is -2.22. The molecule has 2 aromatic rings. The number of aromatic nitrogens is 2. The van der Waals surface area contributed by atoms with E-state index in [1.807, 2.05) is 26.0 Å². The standard InChI is InChI=1S/C17H21N3O2/c1-11-16(12(2)22-20-11)14-9-6-10-15(19-14)17(21)18-13-7-4-3-5-8-13/h6,9-10,13H,3-5,7-8H2,1-2H3,(H,18,21). The number of rotatable bonds is 3. The van der Waals surface area contributed by atoms with E-state index < -0.39 is 0 Å². The van der Waals surface area contributed by atoms with E-state index >= 15 is 0 Å². The molecule has 1 saturated carbocycles. The van der Waals surface area contributed by atoms with Gasteiger partial charge in [-0.1, -0.05) is 30.5 Å². The Morgan fingerprint density at radius 2 is 2.00 bits per heavy atom. The SMILES string of the molecule is Cc1noc(C)c1-c1cccc(C(=O)NC2CCCCC2)n1. The van der Waals surface area contributed by atoms with Crippen molar-refractivity contribution in [3.05, 3.63) is 35.3 Å². The van der Waals surface area contributed by atoms with E-state index in [0.29, 0.717) is 5.69 Å². The molecule has 0 aromatic carbocycles. The van der Waals surface area contributed by atoms with Crippen molar-refractivity contribution < 1.29 is 9.32 Å². The number of amides is 1. The molecular weight excluding hydrogens is 278 g/mol. The molecule has 1 aliphatic carbocycles. The van der Waals surface area contributed by atoms with E-state index in [1.165, 1.54) is 19.3 Å². The molecule has 0 radical (unpaired) electrons. The summed E-state index contributed by atoms with van der Waals surface area (Å²) in [5, 5.41) is 7.04. The van der Waals surface area contributed by atoms with Gasteiger partial charge in [0.05, 0.1) is 17.0 Å². The van der Waals surface area contributed by atoms with Crippen LogP contribution in [0.4, 0.5) is 0 Å². The van der Waals surface area contributed by atoms with Gasteiger partial charge >= 0.3 is 0 Å². The molecule has 1 amide bonds. The van der Waals surface area contributed by atoms with Crippen molar-refractivity contribution in [1.29, 1.82) is 0 Å². The minimum Gasteiger partial charge on any atom is -0.361 e. The van der Waals surface area contributed by atoms with Crippen LogP contribution in [0.1, 0.15) is 54.0 Å². The first-order valence-corrected chi connectivity index (χ1v) is 7.86. The number of hydrogen-bond acceptors (Lipinski definition) is 4. The van der Waals surface area contributed by atoms with Crippen LogP contribution in [0.2, 0.25) is 0 Å². The molecule has 2 heterocycles. The number of aryl methyl sites for hydroxylation is 2. The zero-order valence-electron chi connectivity index (χ0n) is 13.1. The summed E-state index contributed by atoms with van der Waals surface area (Å²) in [4.78, 5) is 16.9. The summed E-state index contributed by atoms with van der Waals surface area (Å²) >= 11 is 0. The average molecular weight is 299 g/mol. The molecule has 1 aliphatic rings. The molecule has 22 heavy (non-hydrogen) atoms. The summed E-state index contributed by atoms with van der Waals surface area (Å²) in [6.45, 7) is 3.73. The van der Waals surface area contributed by atoms with E-state index in [0.717, 1.165) is 35.6 Å². The Labute approximate surface area is 130 Å². The van der Waals surface area contributed by atoms with E-state index in [2.05, 4.69) is 15.5 Å². The molecule has 1 N–H and O–H groups in total. The normalized spacial score (nSPS) is 15.7. The van der Waals surface area contributed by atoms with Gasteiger partial charge in [0, 0.05) is 6.04 Å². The lowest BCUT2D eigenvalue weighted by molar-refractivity contribution is 0.0923. The van der Waals surface area contributed by atoms with Crippen LogP contribution in [-0.2, 0) is 0 Å². The molecule has 116 valence electrons. The molecule has 0 aliphatic heterocycles. The predicted molar refractivity (Wildman–Crippen MR) is 83.5 cm³/mol. The molecule has 5 nitrogen and oxygen atoms in total. The third-order valence-electron chi connectivity index (χ3n) is 4.21. The Morgan fingerprint density at radius 1 is 1.23 bits per heavy atom. The topological polar surface area (TPSA) is 68.0 Å². The lowest BCUT2D eigenvalue weighted by Crippen LogP contribution is -2.36. The van der Waals surface area contributed by atoms with Crippen LogP contribution in [0.15, 0.2) is 22.7 Å². The Hall–Kier alpha value is -2.17. The molecule has 0 atom stereocenters. The summed E-state index contributed by atoms with van der Waals surface area (Å²) in [6.07, 6.45) is 5.78. The van der Waals surface area contributed by atoms with Gasteiger partial charge < -0.3 is 9.84 Å².